The second kappa shape index (κ2) is 25.9. The van der Waals surface area contributed by atoms with Gasteiger partial charge in [0.25, 0.3) is 0 Å². The van der Waals surface area contributed by atoms with Crippen molar-refractivity contribution in [3.8, 4) is 101 Å². The van der Waals surface area contributed by atoms with Crippen LogP contribution in [0.5, 0.6) is 0 Å². The monoisotopic (exact) mass is 1480 g/mol. The van der Waals surface area contributed by atoms with Crippen molar-refractivity contribution < 1.29 is 43.9 Å². The van der Waals surface area contributed by atoms with E-state index in [0.29, 0.717) is 82.4 Å². The van der Waals surface area contributed by atoms with Crippen molar-refractivity contribution in [3.63, 3.8) is 0 Å². The number of alkyl halides is 6. The summed E-state index contributed by atoms with van der Waals surface area (Å²) in [4.78, 5) is 0. The highest BCUT2D eigenvalue weighted by molar-refractivity contribution is 6.20. The van der Waals surface area contributed by atoms with Crippen molar-refractivity contribution in [2.24, 2.45) is 0 Å². The summed E-state index contributed by atoms with van der Waals surface area (Å²) in [5, 5.41) is 5.18. The number of nitrogens with zero attached hydrogens (tertiary/aromatic N) is 4. The number of aromatic nitrogens is 4. The largest absolute Gasteiger partial charge is 0.416 e. The molecule has 20 aromatic rings. The van der Waals surface area contributed by atoms with Crippen LogP contribution in [0.2, 0.25) is 0 Å². The topological polar surface area (TPSA) is 19.7 Å². The third-order valence-corrected chi connectivity index (χ3v) is 21.8. The Hall–Kier alpha value is -14.0. The lowest BCUT2D eigenvalue weighted by molar-refractivity contribution is -0.138. The van der Waals surface area contributed by atoms with E-state index in [1.54, 1.807) is 42.5 Å². The van der Waals surface area contributed by atoms with E-state index in [0.717, 1.165) is 121 Å². The molecular formula is C98H56F10N4. The average molecular weight is 1480 g/mol. The van der Waals surface area contributed by atoms with Gasteiger partial charge in [0.2, 0.25) is 0 Å². The van der Waals surface area contributed by atoms with Crippen LogP contribution in [-0.4, -0.2) is 18.3 Å². The Morgan fingerprint density at radius 3 is 0.902 bits per heavy atom. The molecule has 20 rings (SSSR count). The van der Waals surface area contributed by atoms with Gasteiger partial charge in [-0.25, -0.2) is 17.6 Å². The minimum atomic E-state index is -5.00. The summed E-state index contributed by atoms with van der Waals surface area (Å²) in [6.07, 6.45) is -9.98. The van der Waals surface area contributed by atoms with Crippen LogP contribution in [0.15, 0.2) is 340 Å². The molecule has 0 atom stereocenters. The fourth-order valence-corrected chi connectivity index (χ4v) is 17.0. The maximum atomic E-state index is 16.5. The van der Waals surface area contributed by atoms with Crippen LogP contribution < -0.4 is 0 Å². The van der Waals surface area contributed by atoms with Gasteiger partial charge in [-0.2, -0.15) is 26.3 Å². The lowest BCUT2D eigenvalue weighted by atomic mass is 9.96. The van der Waals surface area contributed by atoms with Gasteiger partial charge in [0.15, 0.2) is 0 Å². The molecule has 4 nitrogen and oxygen atoms in total. The number of hydrogen-bond acceptors (Lipinski definition) is 0. The van der Waals surface area contributed by atoms with E-state index in [9.17, 15) is 0 Å². The standard InChI is InChI=1S/C98H56F10N4/c99-70-42-66(43-71(100)55-70)94-90(109-83-30-16-14-27-76(83)79-46-61(34-39-84(79)109)57-18-5-1-6-19-57)51-68(97(103,104)105)52-91(94)110-85-40-35-62(58-20-7-2-8-21-58)47-80(85)81-48-65(36-41-86(81)110)74-28-17-31-87-96(74)78-38-33-64(60-24-11-4-12-25-60)50-89(78)112(87)93-54-69(98(106,107)108)53-92(95(93)67-44-72(101)56-73(102)45-67)111-82-29-15-13-26-75(82)77-37-32-63(49-88(77)111)59-22-9-3-10-23-59/h1-56H. The normalized spacial score (nSPS) is 12.2. The van der Waals surface area contributed by atoms with Crippen LogP contribution in [0.4, 0.5) is 43.9 Å². The first-order valence-electron chi connectivity index (χ1n) is 36.3. The van der Waals surface area contributed by atoms with Crippen LogP contribution in [0.25, 0.3) is 188 Å². The Bertz CT molecular complexity index is 7210. The van der Waals surface area contributed by atoms with E-state index in [1.165, 1.54) is 0 Å². The Morgan fingerprint density at radius 1 is 0.188 bits per heavy atom. The summed E-state index contributed by atoms with van der Waals surface area (Å²) < 4.78 is 171. The van der Waals surface area contributed by atoms with Gasteiger partial charge in [-0.3, -0.25) is 0 Å². The minimum absolute atomic E-state index is 0.00894. The van der Waals surface area contributed by atoms with Crippen LogP contribution >= 0.6 is 0 Å². The van der Waals surface area contributed by atoms with Crippen LogP contribution in [0.3, 0.4) is 0 Å². The second-order valence-electron chi connectivity index (χ2n) is 28.3. The Labute approximate surface area is 633 Å². The number of hydrogen-bond donors (Lipinski definition) is 0. The van der Waals surface area contributed by atoms with Crippen LogP contribution in [0, 0.1) is 23.3 Å². The van der Waals surface area contributed by atoms with Crippen LogP contribution in [-0.2, 0) is 12.4 Å². The van der Waals surface area contributed by atoms with Crippen molar-refractivity contribution in [1.82, 2.24) is 18.3 Å². The fraction of sp³-hybridized carbons (Fsp3) is 0.0204. The average Bonchev–Trinajstić information content (AvgIpc) is 1.51. The zero-order valence-corrected chi connectivity index (χ0v) is 58.9. The molecule has 0 bridgehead atoms. The highest BCUT2D eigenvalue weighted by Crippen LogP contribution is 2.51. The molecular weight excluding hydrogens is 1420 g/mol. The predicted octanol–water partition coefficient (Wildman–Crippen LogP) is 28.3. The lowest BCUT2D eigenvalue weighted by Gasteiger charge is -2.23. The van der Waals surface area contributed by atoms with Gasteiger partial charge in [0, 0.05) is 66.3 Å². The summed E-state index contributed by atoms with van der Waals surface area (Å²) in [5.41, 5.74) is 9.35. The Morgan fingerprint density at radius 2 is 0.482 bits per heavy atom. The zero-order chi connectivity index (χ0) is 76.0. The van der Waals surface area contributed by atoms with E-state index in [-0.39, 0.29) is 45.0 Å². The van der Waals surface area contributed by atoms with Gasteiger partial charge in [-0.1, -0.05) is 212 Å². The van der Waals surface area contributed by atoms with Gasteiger partial charge in [0.05, 0.1) is 78.0 Å². The zero-order valence-electron chi connectivity index (χ0n) is 58.9. The molecule has 0 radical (unpaired) electrons. The van der Waals surface area contributed by atoms with Gasteiger partial charge < -0.3 is 18.3 Å². The molecule has 538 valence electrons. The van der Waals surface area contributed by atoms with E-state index in [2.05, 4.69) is 0 Å². The van der Waals surface area contributed by atoms with Crippen molar-refractivity contribution >= 4 is 87.2 Å². The molecule has 0 aliphatic rings. The van der Waals surface area contributed by atoms with Gasteiger partial charge in [-0.05, 0) is 182 Å². The van der Waals surface area contributed by atoms with E-state index in [4.69, 9.17) is 0 Å². The molecule has 0 saturated carbocycles. The first-order valence-corrected chi connectivity index (χ1v) is 36.3. The summed E-state index contributed by atoms with van der Waals surface area (Å²) in [7, 11) is 0. The van der Waals surface area contributed by atoms with Gasteiger partial charge in [0.1, 0.15) is 23.3 Å². The van der Waals surface area contributed by atoms with E-state index < -0.39 is 46.7 Å². The number of fused-ring (bicyclic) bond motifs is 12. The van der Waals surface area contributed by atoms with Gasteiger partial charge in [-0.15, -0.1) is 0 Å². The fourth-order valence-electron chi connectivity index (χ4n) is 17.0. The molecule has 0 aliphatic heterocycles. The molecule has 0 fully saturated rings. The van der Waals surface area contributed by atoms with E-state index in [1.807, 2.05) is 255 Å². The SMILES string of the molecule is Fc1cc(F)cc(-c2c(-n3c4ccccc4c4cc(-c5ccccc5)ccc43)cc(C(F)(F)F)cc2-n2c3ccc(-c4ccccc4)cc3c3cc(-c4cccc5c4c4ccc(-c6ccccc6)cc4n5-c4cc(C(F)(F)F)cc(-n5c6ccccc6c6ccc(-c7ccccc7)cc65)c4-c4cc(F)cc(F)c4)ccc32)c1. The predicted molar refractivity (Wildman–Crippen MR) is 432 cm³/mol. The Kier molecular flexibility index (Phi) is 15.6. The summed E-state index contributed by atoms with van der Waals surface area (Å²) in [6.45, 7) is 0. The molecule has 4 aromatic heterocycles. The molecule has 0 N–H and O–H groups in total. The molecule has 0 saturated heterocycles. The second-order valence-corrected chi connectivity index (χ2v) is 28.3. The highest BCUT2D eigenvalue weighted by atomic mass is 19.4. The highest BCUT2D eigenvalue weighted by Gasteiger charge is 2.37. The van der Waals surface area contributed by atoms with Crippen molar-refractivity contribution in [3.05, 3.63) is 374 Å². The molecule has 16 aromatic carbocycles. The Balaban J connectivity index is 0.884. The summed E-state index contributed by atoms with van der Waals surface area (Å²) in [5.74, 6) is -3.84. The van der Waals surface area contributed by atoms with Crippen molar-refractivity contribution in [2.45, 2.75) is 12.4 Å². The maximum absolute atomic E-state index is 16.5. The minimum Gasteiger partial charge on any atom is -0.309 e. The number of rotatable bonds is 11. The molecule has 112 heavy (non-hydrogen) atoms. The lowest BCUT2D eigenvalue weighted by Crippen LogP contribution is -2.11. The smallest absolute Gasteiger partial charge is 0.309 e. The molecule has 0 aliphatic carbocycles. The van der Waals surface area contributed by atoms with Crippen LogP contribution in [0.1, 0.15) is 11.1 Å². The third kappa shape index (κ3) is 11.1. The molecule has 0 unspecified atom stereocenters. The number of halogens is 10. The summed E-state index contributed by atoms with van der Waals surface area (Å²) >= 11 is 0. The van der Waals surface area contributed by atoms with Crippen molar-refractivity contribution in [2.75, 3.05) is 0 Å². The molecule has 0 spiro atoms. The van der Waals surface area contributed by atoms with E-state index >= 15 is 43.9 Å². The molecule has 0 amide bonds. The first kappa shape index (κ1) is 67.4. The number of para-hydroxylation sites is 2. The number of benzene rings is 16. The maximum Gasteiger partial charge on any atom is 0.416 e. The quantitative estimate of drug-likeness (QED) is 0.115. The molecule has 14 heteroatoms. The summed E-state index contributed by atoms with van der Waals surface area (Å²) in [6, 6.07) is 97.4. The first-order chi connectivity index (χ1) is 54.4. The van der Waals surface area contributed by atoms with Gasteiger partial charge >= 0.3 is 12.4 Å². The third-order valence-electron chi connectivity index (χ3n) is 21.8. The van der Waals surface area contributed by atoms with Crippen molar-refractivity contribution in [1.29, 1.82) is 0 Å². The molecule has 4 heterocycles.